The first-order valence-corrected chi connectivity index (χ1v) is 8.52. The molecule has 2 heterocycles. The second-order valence-corrected chi connectivity index (χ2v) is 5.41. The molecule has 0 saturated heterocycles. The zero-order valence-electron chi connectivity index (χ0n) is 15.3. The Bertz CT molecular complexity index is 665. The lowest BCUT2D eigenvalue weighted by atomic mass is 10.3. The summed E-state index contributed by atoms with van der Waals surface area (Å²) in [6, 6.07) is 7.19. The zero-order chi connectivity index (χ0) is 18.5. The number of furan rings is 1. The van der Waals surface area contributed by atoms with Gasteiger partial charge in [0.25, 0.3) is 5.91 Å². The molecule has 0 aromatic carbocycles. The van der Waals surface area contributed by atoms with E-state index in [1.807, 2.05) is 12.1 Å². The lowest BCUT2D eigenvalue weighted by molar-refractivity contribution is 0.0954. The molecule has 0 saturated carbocycles. The van der Waals surface area contributed by atoms with Crippen molar-refractivity contribution in [3.8, 4) is 0 Å². The molecular formula is C18H26IN5O3. The second-order valence-electron chi connectivity index (χ2n) is 5.41. The molecule has 2 rings (SSSR count). The van der Waals surface area contributed by atoms with Crippen LogP contribution in [0.15, 0.2) is 52.3 Å². The molecule has 0 unspecified atom stereocenters. The van der Waals surface area contributed by atoms with Crippen LogP contribution in [0.4, 0.5) is 0 Å². The number of hydrogen-bond acceptors (Lipinski definition) is 5. The van der Waals surface area contributed by atoms with E-state index in [0.29, 0.717) is 37.8 Å². The van der Waals surface area contributed by atoms with E-state index in [4.69, 9.17) is 9.15 Å². The number of carbonyl (C=O) groups excluding carboxylic acids is 1. The van der Waals surface area contributed by atoms with Gasteiger partial charge in [-0.2, -0.15) is 0 Å². The minimum Gasteiger partial charge on any atom is -0.467 e. The lowest BCUT2D eigenvalue weighted by Gasteiger charge is -2.12. The van der Waals surface area contributed by atoms with Crippen LogP contribution in [0.3, 0.4) is 0 Å². The molecule has 8 nitrogen and oxygen atoms in total. The molecule has 3 N–H and O–H groups in total. The molecule has 0 aliphatic carbocycles. The van der Waals surface area contributed by atoms with Gasteiger partial charge in [0.05, 0.1) is 11.8 Å². The second kappa shape index (κ2) is 14.0. The Balaban J connectivity index is 0.00000364. The zero-order valence-corrected chi connectivity index (χ0v) is 17.6. The van der Waals surface area contributed by atoms with Crippen molar-refractivity contribution in [2.24, 2.45) is 4.99 Å². The summed E-state index contributed by atoms with van der Waals surface area (Å²) in [6.45, 7) is 2.91. The van der Waals surface area contributed by atoms with E-state index in [9.17, 15) is 4.79 Å². The van der Waals surface area contributed by atoms with Gasteiger partial charge in [-0.1, -0.05) is 0 Å². The first kappa shape index (κ1) is 22.9. The van der Waals surface area contributed by atoms with Crippen LogP contribution < -0.4 is 16.0 Å². The fourth-order valence-electron chi connectivity index (χ4n) is 2.13. The summed E-state index contributed by atoms with van der Waals surface area (Å²) in [5.41, 5.74) is 0.546. The van der Waals surface area contributed by atoms with E-state index < -0.39 is 0 Å². The number of hydrogen-bond donors (Lipinski definition) is 3. The Labute approximate surface area is 176 Å². The molecule has 0 spiro atoms. The third-order valence-electron chi connectivity index (χ3n) is 3.43. The summed E-state index contributed by atoms with van der Waals surface area (Å²) < 4.78 is 10.7. The number of ether oxygens (including phenoxy) is 1. The molecule has 0 atom stereocenters. The molecule has 0 fully saturated rings. The molecule has 0 bridgehead atoms. The van der Waals surface area contributed by atoms with Gasteiger partial charge in [-0.05, 0) is 30.7 Å². The largest absolute Gasteiger partial charge is 0.467 e. The highest BCUT2D eigenvalue weighted by molar-refractivity contribution is 14.0. The number of guanidine groups is 1. The van der Waals surface area contributed by atoms with Crippen LogP contribution in [0, 0.1) is 0 Å². The van der Waals surface area contributed by atoms with Gasteiger partial charge in [0.15, 0.2) is 5.96 Å². The summed E-state index contributed by atoms with van der Waals surface area (Å²) in [6.07, 6.45) is 5.65. The molecular weight excluding hydrogens is 461 g/mol. The van der Waals surface area contributed by atoms with Crippen LogP contribution in [0.2, 0.25) is 0 Å². The van der Waals surface area contributed by atoms with Gasteiger partial charge in [0.1, 0.15) is 12.4 Å². The van der Waals surface area contributed by atoms with E-state index in [0.717, 1.165) is 18.7 Å². The van der Waals surface area contributed by atoms with Gasteiger partial charge in [-0.3, -0.25) is 14.8 Å². The van der Waals surface area contributed by atoms with Crippen molar-refractivity contribution in [1.29, 1.82) is 0 Å². The van der Waals surface area contributed by atoms with E-state index in [1.165, 1.54) is 6.20 Å². The number of halogens is 1. The number of rotatable bonds is 10. The van der Waals surface area contributed by atoms with Crippen molar-refractivity contribution < 1.29 is 13.9 Å². The summed E-state index contributed by atoms with van der Waals surface area (Å²) in [7, 11) is 1.71. The van der Waals surface area contributed by atoms with Gasteiger partial charge < -0.3 is 25.1 Å². The first-order valence-electron chi connectivity index (χ1n) is 8.52. The Hall–Kier alpha value is -2.14. The molecule has 0 radical (unpaired) electrons. The topological polar surface area (TPSA) is 101 Å². The SMILES string of the molecule is CN=C(NCCCOCc1ccco1)NCCNC(=O)c1cccnc1.I. The highest BCUT2D eigenvalue weighted by Crippen LogP contribution is 2.01. The number of nitrogens with one attached hydrogen (secondary N) is 3. The Kier molecular flexibility index (Phi) is 11.9. The summed E-state index contributed by atoms with van der Waals surface area (Å²) in [4.78, 5) is 19.9. The normalized spacial score (nSPS) is 10.8. The van der Waals surface area contributed by atoms with Crippen LogP contribution in [-0.4, -0.2) is 50.1 Å². The summed E-state index contributed by atoms with van der Waals surface area (Å²) in [5, 5.41) is 9.16. The molecule has 148 valence electrons. The van der Waals surface area contributed by atoms with Crippen molar-refractivity contribution in [2.45, 2.75) is 13.0 Å². The molecule has 0 aliphatic rings. The fourth-order valence-corrected chi connectivity index (χ4v) is 2.13. The third-order valence-corrected chi connectivity index (χ3v) is 3.43. The number of carbonyl (C=O) groups is 1. The number of aliphatic imine (C=N–C) groups is 1. The number of amides is 1. The molecule has 1 amide bonds. The molecule has 0 aliphatic heterocycles. The average Bonchev–Trinajstić information content (AvgIpc) is 3.20. The number of nitrogens with zero attached hydrogens (tertiary/aromatic N) is 2. The first-order chi connectivity index (χ1) is 12.8. The van der Waals surface area contributed by atoms with Crippen LogP contribution in [-0.2, 0) is 11.3 Å². The Morgan fingerprint density at radius 3 is 2.70 bits per heavy atom. The average molecular weight is 487 g/mol. The van der Waals surface area contributed by atoms with Crippen molar-refractivity contribution >= 4 is 35.8 Å². The minimum absolute atomic E-state index is 0. The monoisotopic (exact) mass is 487 g/mol. The van der Waals surface area contributed by atoms with Gasteiger partial charge in [-0.25, -0.2) is 0 Å². The van der Waals surface area contributed by atoms with Crippen LogP contribution in [0.25, 0.3) is 0 Å². The molecule has 27 heavy (non-hydrogen) atoms. The smallest absolute Gasteiger partial charge is 0.252 e. The van der Waals surface area contributed by atoms with Crippen LogP contribution >= 0.6 is 24.0 Å². The van der Waals surface area contributed by atoms with E-state index in [2.05, 4.69) is 25.9 Å². The highest BCUT2D eigenvalue weighted by Gasteiger charge is 2.04. The number of pyridine rings is 1. The van der Waals surface area contributed by atoms with E-state index in [1.54, 1.807) is 31.6 Å². The minimum atomic E-state index is -0.142. The van der Waals surface area contributed by atoms with Crippen molar-refractivity contribution in [2.75, 3.05) is 33.3 Å². The Morgan fingerprint density at radius 1 is 1.19 bits per heavy atom. The fraction of sp³-hybridized carbons (Fsp3) is 0.389. The highest BCUT2D eigenvalue weighted by atomic mass is 127. The predicted octanol–water partition coefficient (Wildman–Crippen LogP) is 1.79. The maximum absolute atomic E-state index is 11.9. The van der Waals surface area contributed by atoms with Gasteiger partial charge >= 0.3 is 0 Å². The van der Waals surface area contributed by atoms with E-state index >= 15 is 0 Å². The number of aromatic nitrogens is 1. The van der Waals surface area contributed by atoms with Crippen molar-refractivity contribution in [3.05, 3.63) is 54.2 Å². The standard InChI is InChI=1S/C18H25N5O3.HI/c1-19-18(22-8-4-11-25-14-16-6-3-12-26-16)23-10-9-21-17(24)15-5-2-7-20-13-15;/h2-3,5-7,12-13H,4,8-11,14H2,1H3,(H,21,24)(H2,19,22,23);1H. The molecule has 2 aromatic rings. The summed E-state index contributed by atoms with van der Waals surface area (Å²) in [5.74, 6) is 1.37. The van der Waals surface area contributed by atoms with Gasteiger partial charge in [0, 0.05) is 45.7 Å². The molecule has 9 heteroatoms. The maximum atomic E-state index is 11.9. The lowest BCUT2D eigenvalue weighted by Crippen LogP contribution is -2.42. The van der Waals surface area contributed by atoms with E-state index in [-0.39, 0.29) is 29.9 Å². The molecule has 2 aromatic heterocycles. The van der Waals surface area contributed by atoms with Gasteiger partial charge in [-0.15, -0.1) is 24.0 Å². The van der Waals surface area contributed by atoms with Gasteiger partial charge in [0.2, 0.25) is 0 Å². The van der Waals surface area contributed by atoms with Crippen LogP contribution in [0.1, 0.15) is 22.5 Å². The Morgan fingerprint density at radius 2 is 2.00 bits per heavy atom. The summed E-state index contributed by atoms with van der Waals surface area (Å²) >= 11 is 0. The van der Waals surface area contributed by atoms with Crippen LogP contribution in [0.5, 0.6) is 0 Å². The van der Waals surface area contributed by atoms with Crippen molar-refractivity contribution in [3.63, 3.8) is 0 Å². The third kappa shape index (κ3) is 9.38. The predicted molar refractivity (Wildman–Crippen MR) is 114 cm³/mol. The maximum Gasteiger partial charge on any atom is 0.252 e. The van der Waals surface area contributed by atoms with Crippen molar-refractivity contribution in [1.82, 2.24) is 20.9 Å². The quantitative estimate of drug-likeness (QED) is 0.205.